The summed E-state index contributed by atoms with van der Waals surface area (Å²) in [5.74, 6) is -1.35. The predicted octanol–water partition coefficient (Wildman–Crippen LogP) is 0.377. The number of carbonyl (C=O) groups excluding carboxylic acids is 1. The molecule has 92 valence electrons. The Bertz CT molecular complexity index is 269. The van der Waals surface area contributed by atoms with Gasteiger partial charge in [-0.2, -0.15) is 0 Å². The van der Waals surface area contributed by atoms with Crippen molar-refractivity contribution < 1.29 is 14.7 Å². The molecule has 0 aliphatic carbocycles. The molecule has 5 heteroatoms. The summed E-state index contributed by atoms with van der Waals surface area (Å²) < 4.78 is 0. The first-order valence-electron chi connectivity index (χ1n) is 5.13. The SMILES string of the molecule is C=CCNCC(=O)NC(C(=O)O)C(C)(C)C. The molecule has 0 radical (unpaired) electrons. The summed E-state index contributed by atoms with van der Waals surface area (Å²) in [7, 11) is 0. The molecule has 0 saturated heterocycles. The van der Waals surface area contributed by atoms with Crippen LogP contribution in [0.3, 0.4) is 0 Å². The molecular weight excluding hydrogens is 208 g/mol. The second-order valence-corrected chi connectivity index (χ2v) is 4.62. The summed E-state index contributed by atoms with van der Waals surface area (Å²) in [4.78, 5) is 22.4. The lowest BCUT2D eigenvalue weighted by atomic mass is 9.87. The molecule has 0 fully saturated rings. The van der Waals surface area contributed by atoms with Gasteiger partial charge in [0.05, 0.1) is 6.54 Å². The fourth-order valence-corrected chi connectivity index (χ4v) is 1.15. The molecular formula is C11H20N2O3. The average molecular weight is 228 g/mol. The van der Waals surface area contributed by atoms with Crippen LogP contribution in [0.2, 0.25) is 0 Å². The third-order valence-corrected chi connectivity index (χ3v) is 1.99. The number of hydrogen-bond donors (Lipinski definition) is 3. The molecule has 0 bridgehead atoms. The van der Waals surface area contributed by atoms with Crippen LogP contribution in [0.25, 0.3) is 0 Å². The summed E-state index contributed by atoms with van der Waals surface area (Å²) in [6.07, 6.45) is 1.63. The predicted molar refractivity (Wildman–Crippen MR) is 62.1 cm³/mol. The normalized spacial score (nSPS) is 12.9. The molecule has 0 aliphatic heterocycles. The Morgan fingerprint density at radius 2 is 2.00 bits per heavy atom. The van der Waals surface area contributed by atoms with Crippen LogP contribution in [-0.4, -0.2) is 36.1 Å². The fourth-order valence-electron chi connectivity index (χ4n) is 1.15. The molecule has 0 aromatic heterocycles. The maximum atomic E-state index is 11.4. The second-order valence-electron chi connectivity index (χ2n) is 4.62. The number of carboxylic acid groups (broad SMARTS) is 1. The van der Waals surface area contributed by atoms with E-state index in [-0.39, 0.29) is 12.5 Å². The molecule has 0 aromatic rings. The quantitative estimate of drug-likeness (QED) is 0.453. The van der Waals surface area contributed by atoms with E-state index >= 15 is 0 Å². The zero-order valence-electron chi connectivity index (χ0n) is 10.0. The minimum atomic E-state index is -1.02. The van der Waals surface area contributed by atoms with Gasteiger partial charge in [-0.1, -0.05) is 26.8 Å². The van der Waals surface area contributed by atoms with Gasteiger partial charge >= 0.3 is 5.97 Å². The third-order valence-electron chi connectivity index (χ3n) is 1.99. The zero-order chi connectivity index (χ0) is 12.8. The van der Waals surface area contributed by atoms with E-state index in [1.807, 2.05) is 0 Å². The summed E-state index contributed by atoms with van der Waals surface area (Å²) >= 11 is 0. The highest BCUT2D eigenvalue weighted by molar-refractivity contribution is 5.85. The van der Waals surface area contributed by atoms with Crippen LogP contribution in [0.15, 0.2) is 12.7 Å². The van der Waals surface area contributed by atoms with Crippen molar-refractivity contribution in [1.82, 2.24) is 10.6 Å². The molecule has 0 aromatic carbocycles. The van der Waals surface area contributed by atoms with E-state index in [1.54, 1.807) is 26.8 Å². The third kappa shape index (κ3) is 5.50. The van der Waals surface area contributed by atoms with Gasteiger partial charge in [0, 0.05) is 6.54 Å². The van der Waals surface area contributed by atoms with Crippen molar-refractivity contribution in [2.75, 3.05) is 13.1 Å². The van der Waals surface area contributed by atoms with Crippen molar-refractivity contribution in [3.8, 4) is 0 Å². The Morgan fingerprint density at radius 3 is 2.38 bits per heavy atom. The number of nitrogens with one attached hydrogen (secondary N) is 2. The summed E-state index contributed by atoms with van der Waals surface area (Å²) in [6, 6.07) is -0.884. The lowest BCUT2D eigenvalue weighted by Crippen LogP contribution is -2.51. The monoisotopic (exact) mass is 228 g/mol. The molecule has 0 spiro atoms. The first-order chi connectivity index (χ1) is 7.29. The Kier molecular flexibility index (Phi) is 5.74. The average Bonchev–Trinajstić information content (AvgIpc) is 2.12. The first kappa shape index (κ1) is 14.6. The minimum Gasteiger partial charge on any atom is -0.480 e. The lowest BCUT2D eigenvalue weighted by molar-refractivity contribution is -0.144. The van der Waals surface area contributed by atoms with Crippen molar-refractivity contribution in [2.24, 2.45) is 5.41 Å². The van der Waals surface area contributed by atoms with Crippen LogP contribution < -0.4 is 10.6 Å². The Labute approximate surface area is 95.9 Å². The van der Waals surface area contributed by atoms with Crippen LogP contribution >= 0.6 is 0 Å². The number of carbonyl (C=O) groups is 2. The smallest absolute Gasteiger partial charge is 0.326 e. The van der Waals surface area contributed by atoms with E-state index in [2.05, 4.69) is 17.2 Å². The van der Waals surface area contributed by atoms with Gasteiger partial charge in [-0.25, -0.2) is 4.79 Å². The second kappa shape index (κ2) is 6.27. The van der Waals surface area contributed by atoms with Gasteiger partial charge in [-0.05, 0) is 5.41 Å². The first-order valence-corrected chi connectivity index (χ1v) is 5.13. The van der Waals surface area contributed by atoms with Crippen molar-refractivity contribution in [2.45, 2.75) is 26.8 Å². The van der Waals surface area contributed by atoms with E-state index in [0.717, 1.165) is 0 Å². The Balaban J connectivity index is 4.25. The van der Waals surface area contributed by atoms with Crippen molar-refractivity contribution in [3.63, 3.8) is 0 Å². The van der Waals surface area contributed by atoms with Gasteiger partial charge in [-0.3, -0.25) is 4.79 Å². The van der Waals surface area contributed by atoms with Crippen molar-refractivity contribution >= 4 is 11.9 Å². The van der Waals surface area contributed by atoms with E-state index in [1.165, 1.54) is 0 Å². The van der Waals surface area contributed by atoms with Gasteiger partial charge in [0.15, 0.2) is 0 Å². The fraction of sp³-hybridized carbons (Fsp3) is 0.636. The minimum absolute atomic E-state index is 0.0892. The van der Waals surface area contributed by atoms with Crippen LogP contribution in [0.4, 0.5) is 0 Å². The highest BCUT2D eigenvalue weighted by atomic mass is 16.4. The molecule has 16 heavy (non-hydrogen) atoms. The number of amides is 1. The van der Waals surface area contributed by atoms with Crippen LogP contribution in [0.5, 0.6) is 0 Å². The molecule has 0 aliphatic rings. The molecule has 1 amide bonds. The summed E-state index contributed by atoms with van der Waals surface area (Å²) in [5, 5.41) is 14.3. The molecule has 5 nitrogen and oxygen atoms in total. The maximum Gasteiger partial charge on any atom is 0.326 e. The van der Waals surface area contributed by atoms with Gasteiger partial charge < -0.3 is 15.7 Å². The van der Waals surface area contributed by atoms with E-state index in [0.29, 0.717) is 6.54 Å². The van der Waals surface area contributed by atoms with Gasteiger partial charge in [0.25, 0.3) is 0 Å². The summed E-state index contributed by atoms with van der Waals surface area (Å²) in [5.41, 5.74) is -0.514. The van der Waals surface area contributed by atoms with Crippen LogP contribution in [-0.2, 0) is 9.59 Å². The molecule has 1 unspecified atom stereocenters. The van der Waals surface area contributed by atoms with Crippen molar-refractivity contribution in [1.29, 1.82) is 0 Å². The largest absolute Gasteiger partial charge is 0.480 e. The standard InChI is InChI=1S/C11H20N2O3/c1-5-6-12-7-8(14)13-9(10(15)16)11(2,3)4/h5,9,12H,1,6-7H2,2-4H3,(H,13,14)(H,15,16). The highest BCUT2D eigenvalue weighted by Crippen LogP contribution is 2.19. The number of carboxylic acids is 1. The summed E-state index contributed by atoms with van der Waals surface area (Å²) in [6.45, 7) is 9.40. The van der Waals surface area contributed by atoms with Crippen molar-refractivity contribution in [3.05, 3.63) is 12.7 Å². The molecule has 0 saturated carbocycles. The van der Waals surface area contributed by atoms with Gasteiger partial charge in [-0.15, -0.1) is 6.58 Å². The Hall–Kier alpha value is -1.36. The maximum absolute atomic E-state index is 11.4. The molecule has 0 heterocycles. The van der Waals surface area contributed by atoms with Gasteiger partial charge in [0.1, 0.15) is 6.04 Å². The number of aliphatic carboxylic acids is 1. The number of rotatable bonds is 6. The van der Waals surface area contributed by atoms with Crippen LogP contribution in [0.1, 0.15) is 20.8 Å². The lowest BCUT2D eigenvalue weighted by Gasteiger charge is -2.27. The van der Waals surface area contributed by atoms with Gasteiger partial charge in [0.2, 0.25) is 5.91 Å². The van der Waals surface area contributed by atoms with E-state index in [4.69, 9.17) is 5.11 Å². The highest BCUT2D eigenvalue weighted by Gasteiger charge is 2.32. The molecule has 3 N–H and O–H groups in total. The number of hydrogen-bond acceptors (Lipinski definition) is 3. The van der Waals surface area contributed by atoms with Crippen LogP contribution in [0, 0.1) is 5.41 Å². The zero-order valence-corrected chi connectivity index (χ0v) is 10.0. The van der Waals surface area contributed by atoms with E-state index < -0.39 is 17.4 Å². The molecule has 0 rings (SSSR count). The topological polar surface area (TPSA) is 78.4 Å². The van der Waals surface area contributed by atoms with E-state index in [9.17, 15) is 9.59 Å². The Morgan fingerprint density at radius 1 is 1.44 bits per heavy atom. The molecule has 1 atom stereocenters.